The molecule has 0 saturated heterocycles. The predicted molar refractivity (Wildman–Crippen MR) is 64.0 cm³/mol. The predicted octanol–water partition coefficient (Wildman–Crippen LogP) is 0.598. The number of rotatable bonds is 6. The van der Waals surface area contributed by atoms with Gasteiger partial charge in [-0.25, -0.2) is 8.42 Å². The van der Waals surface area contributed by atoms with Crippen molar-refractivity contribution >= 4 is 9.84 Å². The molecule has 0 spiro atoms. The molecule has 5 nitrogen and oxygen atoms in total. The highest BCUT2D eigenvalue weighted by Gasteiger charge is 2.16. The minimum Gasteiger partial charge on any atom is -0.312 e. The average molecular weight is 245 g/mol. The van der Waals surface area contributed by atoms with Gasteiger partial charge < -0.3 is 5.32 Å². The Morgan fingerprint density at radius 1 is 1.56 bits per heavy atom. The summed E-state index contributed by atoms with van der Waals surface area (Å²) in [6, 6.07) is -0.180. The zero-order chi connectivity index (χ0) is 12.2. The van der Waals surface area contributed by atoms with Crippen LogP contribution in [0.25, 0.3) is 0 Å². The van der Waals surface area contributed by atoms with Crippen LogP contribution in [0.1, 0.15) is 24.9 Å². The summed E-state index contributed by atoms with van der Waals surface area (Å²) in [5.41, 5.74) is 0.918. The average Bonchev–Trinajstić information content (AvgIpc) is 2.62. The molecule has 1 N–H and O–H groups in total. The Kier molecular flexibility index (Phi) is 4.49. The summed E-state index contributed by atoms with van der Waals surface area (Å²) in [7, 11) is -1.23. The maximum atomic E-state index is 11.2. The van der Waals surface area contributed by atoms with Crippen LogP contribution in [0.4, 0.5) is 0 Å². The lowest BCUT2D eigenvalue weighted by molar-refractivity contribution is 0.577. The molecule has 0 amide bonds. The summed E-state index contributed by atoms with van der Waals surface area (Å²) < 4.78 is 24.3. The van der Waals surface area contributed by atoms with Crippen molar-refractivity contribution in [2.45, 2.75) is 25.9 Å². The van der Waals surface area contributed by atoms with Gasteiger partial charge in [0, 0.05) is 30.6 Å². The number of hydrogen-bond acceptors (Lipinski definition) is 4. The fraction of sp³-hybridized carbons (Fsp3) is 0.700. The quantitative estimate of drug-likeness (QED) is 0.797. The van der Waals surface area contributed by atoms with E-state index < -0.39 is 9.84 Å². The fourth-order valence-corrected chi connectivity index (χ4v) is 2.52. The highest BCUT2D eigenvalue weighted by atomic mass is 32.2. The zero-order valence-electron chi connectivity index (χ0n) is 9.97. The molecule has 1 aromatic heterocycles. The molecule has 1 atom stereocenters. The van der Waals surface area contributed by atoms with Gasteiger partial charge in [-0.2, -0.15) is 5.10 Å². The molecule has 6 heteroatoms. The fourth-order valence-electron chi connectivity index (χ4n) is 1.56. The molecule has 16 heavy (non-hydrogen) atoms. The topological polar surface area (TPSA) is 64.0 Å². The summed E-state index contributed by atoms with van der Waals surface area (Å²) in [6.45, 7) is 2.93. The summed E-state index contributed by atoms with van der Waals surface area (Å²) in [5.74, 6) is 0.0985. The van der Waals surface area contributed by atoms with Gasteiger partial charge in [-0.1, -0.05) is 6.92 Å². The molecule has 92 valence electrons. The van der Waals surface area contributed by atoms with Crippen molar-refractivity contribution in [2.75, 3.05) is 19.1 Å². The van der Waals surface area contributed by atoms with Crippen LogP contribution in [0.3, 0.4) is 0 Å². The van der Waals surface area contributed by atoms with Crippen molar-refractivity contribution in [3.63, 3.8) is 0 Å². The highest BCUT2D eigenvalue weighted by Crippen LogP contribution is 2.13. The number of nitrogens with one attached hydrogen (secondary N) is 1. The second kappa shape index (κ2) is 5.45. The molecular weight excluding hydrogens is 226 g/mol. The number of sulfone groups is 1. The van der Waals surface area contributed by atoms with E-state index in [-0.39, 0.29) is 11.8 Å². The monoisotopic (exact) mass is 245 g/mol. The molecule has 0 bridgehead atoms. The first-order valence-electron chi connectivity index (χ1n) is 5.33. The molecule has 0 aliphatic heterocycles. The molecule has 1 unspecified atom stereocenters. The first-order valence-corrected chi connectivity index (χ1v) is 7.39. The van der Waals surface area contributed by atoms with E-state index in [2.05, 4.69) is 17.3 Å². The maximum Gasteiger partial charge on any atom is 0.149 e. The standard InChI is InChI=1S/C10H19N3O2S/c1-4-5-13-7-9(6-12-13)10(11-2)8-16(3,14)15/h6-7,10-11H,4-5,8H2,1-3H3. The van der Waals surface area contributed by atoms with E-state index in [0.717, 1.165) is 18.5 Å². The Balaban J connectivity index is 2.79. The molecule has 1 rings (SSSR count). The molecule has 1 aromatic rings. The van der Waals surface area contributed by atoms with Gasteiger partial charge in [0.05, 0.1) is 11.9 Å². The summed E-state index contributed by atoms with van der Waals surface area (Å²) in [6.07, 6.45) is 5.88. The number of aryl methyl sites for hydroxylation is 1. The summed E-state index contributed by atoms with van der Waals surface area (Å²) in [4.78, 5) is 0. The third-order valence-electron chi connectivity index (χ3n) is 2.33. The van der Waals surface area contributed by atoms with E-state index in [4.69, 9.17) is 0 Å². The van der Waals surface area contributed by atoms with E-state index in [0.29, 0.717) is 0 Å². The highest BCUT2D eigenvalue weighted by molar-refractivity contribution is 7.90. The van der Waals surface area contributed by atoms with Crippen LogP contribution in [0.5, 0.6) is 0 Å². The van der Waals surface area contributed by atoms with Gasteiger partial charge in [0.2, 0.25) is 0 Å². The largest absolute Gasteiger partial charge is 0.312 e. The van der Waals surface area contributed by atoms with Gasteiger partial charge >= 0.3 is 0 Å². The van der Waals surface area contributed by atoms with Crippen molar-refractivity contribution < 1.29 is 8.42 Å². The Labute approximate surface area is 96.8 Å². The minimum absolute atomic E-state index is 0.0985. The minimum atomic E-state index is -2.99. The van der Waals surface area contributed by atoms with Crippen LogP contribution >= 0.6 is 0 Å². The lowest BCUT2D eigenvalue weighted by Crippen LogP contribution is -2.24. The van der Waals surface area contributed by atoms with Gasteiger partial charge in [0.1, 0.15) is 9.84 Å². The van der Waals surface area contributed by atoms with Crippen LogP contribution in [0, 0.1) is 0 Å². The van der Waals surface area contributed by atoms with E-state index in [1.165, 1.54) is 6.26 Å². The Morgan fingerprint density at radius 2 is 2.25 bits per heavy atom. The molecule has 0 aliphatic rings. The molecule has 1 heterocycles. The van der Waals surface area contributed by atoms with Gasteiger partial charge in [-0.3, -0.25) is 4.68 Å². The summed E-state index contributed by atoms with van der Waals surface area (Å²) >= 11 is 0. The number of hydrogen-bond donors (Lipinski definition) is 1. The first-order chi connectivity index (χ1) is 7.46. The summed E-state index contributed by atoms with van der Waals surface area (Å²) in [5, 5.41) is 7.18. The molecule has 0 aliphatic carbocycles. The van der Waals surface area contributed by atoms with Gasteiger partial charge in [-0.15, -0.1) is 0 Å². The van der Waals surface area contributed by atoms with Gasteiger partial charge in [-0.05, 0) is 13.5 Å². The van der Waals surface area contributed by atoms with Crippen LogP contribution in [-0.4, -0.2) is 37.3 Å². The second-order valence-electron chi connectivity index (χ2n) is 3.97. The van der Waals surface area contributed by atoms with E-state index in [9.17, 15) is 8.42 Å². The molecule has 0 fully saturated rings. The Morgan fingerprint density at radius 3 is 2.75 bits per heavy atom. The Hall–Kier alpha value is -0.880. The maximum absolute atomic E-state index is 11.2. The van der Waals surface area contributed by atoms with Crippen LogP contribution in [-0.2, 0) is 16.4 Å². The zero-order valence-corrected chi connectivity index (χ0v) is 10.8. The van der Waals surface area contributed by atoms with Crippen molar-refractivity contribution in [3.05, 3.63) is 18.0 Å². The third kappa shape index (κ3) is 3.94. The number of aromatic nitrogens is 2. The van der Waals surface area contributed by atoms with Gasteiger partial charge in [0.25, 0.3) is 0 Å². The van der Waals surface area contributed by atoms with Crippen molar-refractivity contribution in [2.24, 2.45) is 0 Å². The van der Waals surface area contributed by atoms with Crippen molar-refractivity contribution in [1.29, 1.82) is 0 Å². The second-order valence-corrected chi connectivity index (χ2v) is 6.16. The molecular formula is C10H19N3O2S. The normalized spacial score (nSPS) is 13.9. The lowest BCUT2D eigenvalue weighted by atomic mass is 10.2. The van der Waals surface area contributed by atoms with Gasteiger partial charge in [0.15, 0.2) is 0 Å². The smallest absolute Gasteiger partial charge is 0.149 e. The SMILES string of the molecule is CCCn1cc(C(CS(C)(=O)=O)NC)cn1. The Bertz CT molecular complexity index is 425. The molecule has 0 radical (unpaired) electrons. The van der Waals surface area contributed by atoms with Crippen LogP contribution < -0.4 is 5.32 Å². The lowest BCUT2D eigenvalue weighted by Gasteiger charge is -2.12. The van der Waals surface area contributed by atoms with E-state index in [1.807, 2.05) is 10.9 Å². The van der Waals surface area contributed by atoms with E-state index in [1.54, 1.807) is 13.2 Å². The van der Waals surface area contributed by atoms with Crippen LogP contribution in [0.2, 0.25) is 0 Å². The first kappa shape index (κ1) is 13.2. The van der Waals surface area contributed by atoms with Crippen molar-refractivity contribution in [1.82, 2.24) is 15.1 Å². The third-order valence-corrected chi connectivity index (χ3v) is 3.27. The van der Waals surface area contributed by atoms with Crippen molar-refractivity contribution in [3.8, 4) is 0 Å². The van der Waals surface area contributed by atoms with Crippen LogP contribution in [0.15, 0.2) is 12.4 Å². The number of nitrogens with zero attached hydrogens (tertiary/aromatic N) is 2. The molecule has 0 saturated carbocycles. The van der Waals surface area contributed by atoms with E-state index >= 15 is 0 Å². The molecule has 0 aromatic carbocycles.